The summed E-state index contributed by atoms with van der Waals surface area (Å²) in [4.78, 5) is 0. The summed E-state index contributed by atoms with van der Waals surface area (Å²) >= 11 is 0. The Morgan fingerprint density at radius 1 is 1.29 bits per heavy atom. The van der Waals surface area contributed by atoms with Crippen LogP contribution in [-0.2, 0) is 6.42 Å². The molecule has 0 radical (unpaired) electrons. The van der Waals surface area contributed by atoms with Crippen LogP contribution in [0, 0.1) is 17.6 Å². The number of hydrogen-bond acceptors (Lipinski definition) is 2. The van der Waals surface area contributed by atoms with Gasteiger partial charge in [0.2, 0.25) is 0 Å². The molecule has 0 aliphatic heterocycles. The maximum absolute atomic E-state index is 12.8. The number of hydrogen-bond donors (Lipinski definition) is 2. The SMILES string of the molecule is NC[C@@H](CO)Cc1ccc(F)c(F)c1. The van der Waals surface area contributed by atoms with Crippen molar-refractivity contribution in [2.75, 3.05) is 13.2 Å². The highest BCUT2D eigenvalue weighted by molar-refractivity contribution is 5.18. The summed E-state index contributed by atoms with van der Waals surface area (Å²) in [6.45, 7) is 0.283. The fraction of sp³-hybridized carbons (Fsp3) is 0.400. The Bertz CT molecular complexity index is 300. The molecule has 14 heavy (non-hydrogen) atoms. The summed E-state index contributed by atoms with van der Waals surface area (Å²) in [7, 11) is 0. The van der Waals surface area contributed by atoms with Gasteiger partial charge in [0, 0.05) is 6.61 Å². The van der Waals surface area contributed by atoms with Crippen molar-refractivity contribution in [1.82, 2.24) is 0 Å². The Balaban J connectivity index is 2.72. The van der Waals surface area contributed by atoms with Crippen molar-refractivity contribution in [3.8, 4) is 0 Å². The van der Waals surface area contributed by atoms with Gasteiger partial charge in [0.15, 0.2) is 11.6 Å². The van der Waals surface area contributed by atoms with Crippen LogP contribution in [0.15, 0.2) is 18.2 Å². The molecule has 0 amide bonds. The molecular weight excluding hydrogens is 188 g/mol. The highest BCUT2D eigenvalue weighted by atomic mass is 19.2. The first-order chi connectivity index (χ1) is 6.67. The van der Waals surface area contributed by atoms with E-state index in [4.69, 9.17) is 10.8 Å². The molecule has 0 saturated heterocycles. The minimum absolute atomic E-state index is 0.0461. The van der Waals surface area contributed by atoms with E-state index in [1.165, 1.54) is 6.07 Å². The summed E-state index contributed by atoms with van der Waals surface area (Å²) < 4.78 is 25.3. The lowest BCUT2D eigenvalue weighted by atomic mass is 10.0. The zero-order chi connectivity index (χ0) is 10.6. The first-order valence-electron chi connectivity index (χ1n) is 4.42. The Morgan fingerprint density at radius 2 is 2.00 bits per heavy atom. The van der Waals surface area contributed by atoms with E-state index < -0.39 is 11.6 Å². The molecule has 0 saturated carbocycles. The summed E-state index contributed by atoms with van der Waals surface area (Å²) in [5.74, 6) is -1.82. The van der Waals surface area contributed by atoms with Gasteiger partial charge in [-0.2, -0.15) is 0 Å². The van der Waals surface area contributed by atoms with Crippen LogP contribution in [0.2, 0.25) is 0 Å². The monoisotopic (exact) mass is 201 g/mol. The molecule has 0 aromatic heterocycles. The summed E-state index contributed by atoms with van der Waals surface area (Å²) in [6.07, 6.45) is 0.462. The number of nitrogens with two attached hydrogens (primary N) is 1. The van der Waals surface area contributed by atoms with Crippen LogP contribution in [0.4, 0.5) is 8.78 Å². The van der Waals surface area contributed by atoms with E-state index in [2.05, 4.69) is 0 Å². The zero-order valence-electron chi connectivity index (χ0n) is 7.71. The third-order valence-corrected chi connectivity index (χ3v) is 2.10. The second-order valence-corrected chi connectivity index (χ2v) is 3.24. The van der Waals surface area contributed by atoms with Crippen LogP contribution in [-0.4, -0.2) is 18.3 Å². The van der Waals surface area contributed by atoms with Crippen LogP contribution in [0.25, 0.3) is 0 Å². The highest BCUT2D eigenvalue weighted by Crippen LogP contribution is 2.12. The van der Waals surface area contributed by atoms with Gasteiger partial charge >= 0.3 is 0 Å². The maximum atomic E-state index is 12.8. The molecule has 4 heteroatoms. The second kappa shape index (κ2) is 5.02. The fourth-order valence-corrected chi connectivity index (χ4v) is 1.22. The van der Waals surface area contributed by atoms with Crippen LogP contribution >= 0.6 is 0 Å². The van der Waals surface area contributed by atoms with Crippen molar-refractivity contribution in [1.29, 1.82) is 0 Å². The summed E-state index contributed by atoms with van der Waals surface area (Å²) in [5, 5.41) is 8.86. The molecule has 0 heterocycles. The average Bonchev–Trinajstić information content (AvgIpc) is 2.19. The summed E-state index contributed by atoms with van der Waals surface area (Å²) in [6, 6.07) is 3.71. The topological polar surface area (TPSA) is 46.2 Å². The van der Waals surface area contributed by atoms with Crippen molar-refractivity contribution >= 4 is 0 Å². The van der Waals surface area contributed by atoms with Gasteiger partial charge in [0.25, 0.3) is 0 Å². The fourth-order valence-electron chi connectivity index (χ4n) is 1.22. The molecule has 1 aromatic carbocycles. The van der Waals surface area contributed by atoms with Crippen molar-refractivity contribution in [3.05, 3.63) is 35.4 Å². The molecule has 78 valence electrons. The number of halogens is 2. The number of benzene rings is 1. The van der Waals surface area contributed by atoms with Crippen LogP contribution in [0.3, 0.4) is 0 Å². The van der Waals surface area contributed by atoms with Crippen LogP contribution in [0.1, 0.15) is 5.56 Å². The molecule has 0 bridgehead atoms. The van der Waals surface area contributed by atoms with Gasteiger partial charge in [-0.1, -0.05) is 6.07 Å². The van der Waals surface area contributed by atoms with Gasteiger partial charge < -0.3 is 10.8 Å². The predicted molar refractivity (Wildman–Crippen MR) is 49.7 cm³/mol. The minimum atomic E-state index is -0.865. The van der Waals surface area contributed by atoms with Crippen molar-refractivity contribution in [2.24, 2.45) is 11.7 Å². The third-order valence-electron chi connectivity index (χ3n) is 2.10. The Hall–Kier alpha value is -1.00. The van der Waals surface area contributed by atoms with E-state index in [0.717, 1.165) is 12.1 Å². The normalized spacial score (nSPS) is 12.9. The van der Waals surface area contributed by atoms with Crippen molar-refractivity contribution in [3.63, 3.8) is 0 Å². The van der Waals surface area contributed by atoms with E-state index >= 15 is 0 Å². The lowest BCUT2D eigenvalue weighted by molar-refractivity contribution is 0.229. The van der Waals surface area contributed by atoms with E-state index in [0.29, 0.717) is 18.5 Å². The molecule has 2 nitrogen and oxygen atoms in total. The molecular formula is C10H13F2NO. The Kier molecular flexibility index (Phi) is 3.98. The smallest absolute Gasteiger partial charge is 0.159 e. The third kappa shape index (κ3) is 2.75. The molecule has 0 aliphatic carbocycles. The molecule has 3 N–H and O–H groups in total. The van der Waals surface area contributed by atoms with Gasteiger partial charge in [-0.15, -0.1) is 0 Å². The second-order valence-electron chi connectivity index (χ2n) is 3.24. The van der Waals surface area contributed by atoms with Gasteiger partial charge in [-0.05, 0) is 36.6 Å². The van der Waals surface area contributed by atoms with Crippen LogP contribution < -0.4 is 5.73 Å². The highest BCUT2D eigenvalue weighted by Gasteiger charge is 2.08. The first kappa shape index (κ1) is 11.1. The van der Waals surface area contributed by atoms with Crippen LogP contribution in [0.5, 0.6) is 0 Å². The standard InChI is InChI=1S/C10H13F2NO/c11-9-2-1-7(4-10(9)12)3-8(5-13)6-14/h1-2,4,8,14H,3,5-6,13H2/t8-/m0/s1. The van der Waals surface area contributed by atoms with E-state index in [-0.39, 0.29) is 12.5 Å². The molecule has 1 aromatic rings. The predicted octanol–water partition coefficient (Wildman–Crippen LogP) is 1.07. The van der Waals surface area contributed by atoms with Gasteiger partial charge in [0.1, 0.15) is 0 Å². The lowest BCUT2D eigenvalue weighted by Crippen LogP contribution is -2.20. The Morgan fingerprint density at radius 3 is 2.50 bits per heavy atom. The molecule has 0 aliphatic rings. The number of aliphatic hydroxyl groups is 1. The van der Waals surface area contributed by atoms with E-state index in [1.54, 1.807) is 0 Å². The van der Waals surface area contributed by atoms with Crippen molar-refractivity contribution in [2.45, 2.75) is 6.42 Å². The zero-order valence-corrected chi connectivity index (χ0v) is 7.71. The van der Waals surface area contributed by atoms with E-state index in [9.17, 15) is 8.78 Å². The lowest BCUT2D eigenvalue weighted by Gasteiger charge is -2.11. The number of rotatable bonds is 4. The maximum Gasteiger partial charge on any atom is 0.159 e. The minimum Gasteiger partial charge on any atom is -0.396 e. The average molecular weight is 201 g/mol. The van der Waals surface area contributed by atoms with Gasteiger partial charge in [0.05, 0.1) is 0 Å². The first-order valence-corrected chi connectivity index (χ1v) is 4.42. The van der Waals surface area contributed by atoms with Gasteiger partial charge in [-0.3, -0.25) is 0 Å². The molecule has 0 fully saturated rings. The number of aliphatic hydroxyl groups excluding tert-OH is 1. The van der Waals surface area contributed by atoms with Gasteiger partial charge in [-0.25, -0.2) is 8.78 Å². The molecule has 1 rings (SSSR count). The molecule has 0 unspecified atom stereocenters. The molecule has 0 spiro atoms. The Labute approximate surface area is 81.4 Å². The largest absolute Gasteiger partial charge is 0.396 e. The van der Waals surface area contributed by atoms with Crippen molar-refractivity contribution < 1.29 is 13.9 Å². The quantitative estimate of drug-likeness (QED) is 0.765. The summed E-state index contributed by atoms with van der Waals surface area (Å²) in [5.41, 5.74) is 6.02. The molecule has 1 atom stereocenters. The van der Waals surface area contributed by atoms with E-state index in [1.807, 2.05) is 0 Å².